The van der Waals surface area contributed by atoms with Gasteiger partial charge in [0.1, 0.15) is 5.75 Å². The number of methoxy groups -OCH3 is 2. The molecule has 0 atom stereocenters. The number of rotatable bonds is 5. The first-order chi connectivity index (χ1) is 14.3. The molecule has 0 bridgehead atoms. The Kier molecular flexibility index (Phi) is 8.58. The first-order valence-electron chi connectivity index (χ1n) is 10.6. The maximum absolute atomic E-state index is 11.8. The van der Waals surface area contributed by atoms with Crippen LogP contribution in [0.2, 0.25) is 0 Å². The summed E-state index contributed by atoms with van der Waals surface area (Å²) in [4.78, 5) is 11.8. The van der Waals surface area contributed by atoms with Crippen LogP contribution in [0.15, 0.2) is 36.4 Å². The molecule has 0 saturated carbocycles. The Morgan fingerprint density at radius 2 is 1.60 bits per heavy atom. The molecule has 0 radical (unpaired) electrons. The van der Waals surface area contributed by atoms with Crippen molar-refractivity contribution in [1.29, 1.82) is 0 Å². The van der Waals surface area contributed by atoms with E-state index >= 15 is 0 Å². The number of nitrogens with one attached hydrogen (secondary N) is 1. The van der Waals surface area contributed by atoms with Gasteiger partial charge in [-0.3, -0.25) is 4.79 Å². The van der Waals surface area contributed by atoms with Crippen LogP contribution in [0, 0.1) is 5.41 Å². The average molecular weight is 414 g/mol. The minimum absolute atomic E-state index is 0.173. The van der Waals surface area contributed by atoms with Crippen LogP contribution in [0.4, 0.5) is 5.69 Å². The predicted molar refractivity (Wildman–Crippen MR) is 122 cm³/mol. The van der Waals surface area contributed by atoms with Gasteiger partial charge in [0.05, 0.1) is 19.6 Å². The molecule has 0 aliphatic heterocycles. The Morgan fingerprint density at radius 1 is 0.933 bits per heavy atom. The van der Waals surface area contributed by atoms with Crippen molar-refractivity contribution >= 4 is 11.7 Å². The Hall–Kier alpha value is -2.69. The van der Waals surface area contributed by atoms with E-state index in [1.807, 2.05) is 51.1 Å². The third kappa shape index (κ3) is 6.68. The molecular formula is C25H35NO4. The Bertz CT molecular complexity index is 840. The Morgan fingerprint density at radius 3 is 2.20 bits per heavy atom. The standard InChI is InChI=1S/C15H20O2.C10H15NO2/c1-15(2,3)14(16)17-13-9-8-11-6-4-5-7-12(11)10-13;1-4-11-8-5-6-9(12-2)10(7-8)13-3/h8-10H,4-7H2,1-3H3;5-7,11H,4H2,1-3H3. The second kappa shape index (κ2) is 10.9. The molecule has 3 rings (SSSR count). The van der Waals surface area contributed by atoms with Crippen molar-refractivity contribution in [2.24, 2.45) is 5.41 Å². The zero-order chi connectivity index (χ0) is 22.1. The molecule has 1 N–H and O–H groups in total. The molecule has 0 unspecified atom stereocenters. The molecule has 5 heteroatoms. The number of carbonyl (C=O) groups excluding carboxylic acids is 1. The predicted octanol–water partition coefficient (Wildman–Crippen LogP) is 5.65. The molecule has 5 nitrogen and oxygen atoms in total. The van der Waals surface area contributed by atoms with E-state index in [4.69, 9.17) is 14.2 Å². The number of hydrogen-bond donors (Lipinski definition) is 1. The largest absolute Gasteiger partial charge is 0.493 e. The van der Waals surface area contributed by atoms with Gasteiger partial charge in [0.25, 0.3) is 0 Å². The molecule has 1 aliphatic rings. The molecule has 0 spiro atoms. The molecule has 30 heavy (non-hydrogen) atoms. The fourth-order valence-electron chi connectivity index (χ4n) is 3.18. The lowest BCUT2D eigenvalue weighted by Gasteiger charge is -2.19. The summed E-state index contributed by atoms with van der Waals surface area (Å²) in [5.41, 5.74) is 3.35. The van der Waals surface area contributed by atoms with Crippen LogP contribution in [0.5, 0.6) is 17.2 Å². The monoisotopic (exact) mass is 413 g/mol. The molecule has 0 saturated heterocycles. The van der Waals surface area contributed by atoms with Gasteiger partial charge in [-0.15, -0.1) is 0 Å². The summed E-state index contributed by atoms with van der Waals surface area (Å²) in [6, 6.07) is 11.8. The summed E-state index contributed by atoms with van der Waals surface area (Å²) in [6.07, 6.45) is 4.77. The van der Waals surface area contributed by atoms with E-state index in [1.165, 1.54) is 24.0 Å². The fraction of sp³-hybridized carbons (Fsp3) is 0.480. The lowest BCUT2D eigenvalue weighted by atomic mass is 9.91. The third-order valence-electron chi connectivity index (χ3n) is 4.91. The summed E-state index contributed by atoms with van der Waals surface area (Å²) in [5, 5.41) is 3.20. The maximum atomic E-state index is 11.8. The number of ether oxygens (including phenoxy) is 3. The molecule has 0 amide bonds. The summed E-state index contributed by atoms with van der Waals surface area (Å²) in [6.45, 7) is 8.56. The minimum Gasteiger partial charge on any atom is -0.493 e. The quantitative estimate of drug-likeness (QED) is 0.507. The van der Waals surface area contributed by atoms with Crippen molar-refractivity contribution < 1.29 is 19.0 Å². The van der Waals surface area contributed by atoms with Crippen molar-refractivity contribution in [1.82, 2.24) is 0 Å². The highest BCUT2D eigenvalue weighted by molar-refractivity contribution is 5.77. The van der Waals surface area contributed by atoms with Crippen molar-refractivity contribution in [2.45, 2.75) is 53.4 Å². The highest BCUT2D eigenvalue weighted by Gasteiger charge is 2.24. The van der Waals surface area contributed by atoms with Gasteiger partial charge in [0.2, 0.25) is 0 Å². The topological polar surface area (TPSA) is 56.8 Å². The number of aryl methyl sites for hydroxylation is 2. The summed E-state index contributed by atoms with van der Waals surface area (Å²) < 4.78 is 15.7. The van der Waals surface area contributed by atoms with Gasteiger partial charge in [0.15, 0.2) is 11.5 Å². The van der Waals surface area contributed by atoms with Crippen LogP contribution in [0.25, 0.3) is 0 Å². The molecule has 2 aromatic carbocycles. The molecule has 0 heterocycles. The van der Waals surface area contributed by atoms with Crippen LogP contribution in [-0.2, 0) is 17.6 Å². The number of hydrogen-bond acceptors (Lipinski definition) is 5. The van der Waals surface area contributed by atoms with E-state index in [1.54, 1.807) is 14.2 Å². The molecule has 0 fully saturated rings. The summed E-state index contributed by atoms with van der Waals surface area (Å²) >= 11 is 0. The Labute approximate surface area is 180 Å². The number of esters is 1. The second-order valence-corrected chi connectivity index (χ2v) is 8.38. The van der Waals surface area contributed by atoms with Crippen molar-refractivity contribution in [3.63, 3.8) is 0 Å². The van der Waals surface area contributed by atoms with E-state index in [-0.39, 0.29) is 5.97 Å². The van der Waals surface area contributed by atoms with Crippen LogP contribution in [0.3, 0.4) is 0 Å². The first-order valence-corrected chi connectivity index (χ1v) is 10.6. The lowest BCUT2D eigenvalue weighted by molar-refractivity contribution is -0.143. The number of anilines is 1. The molecule has 1 aliphatic carbocycles. The van der Waals surface area contributed by atoms with Gasteiger partial charge in [-0.05, 0) is 88.8 Å². The van der Waals surface area contributed by atoms with Crippen LogP contribution < -0.4 is 19.5 Å². The summed E-state index contributed by atoms with van der Waals surface area (Å²) in [7, 11) is 3.26. The maximum Gasteiger partial charge on any atom is 0.316 e. The Balaban J connectivity index is 0.000000222. The van der Waals surface area contributed by atoms with Gasteiger partial charge in [-0.25, -0.2) is 0 Å². The first kappa shape index (κ1) is 23.6. The van der Waals surface area contributed by atoms with Gasteiger partial charge in [-0.1, -0.05) is 6.07 Å². The third-order valence-corrected chi connectivity index (χ3v) is 4.91. The van der Waals surface area contributed by atoms with Crippen molar-refractivity contribution in [3.8, 4) is 17.2 Å². The van der Waals surface area contributed by atoms with Crippen molar-refractivity contribution in [3.05, 3.63) is 47.5 Å². The van der Waals surface area contributed by atoms with Crippen LogP contribution in [0.1, 0.15) is 51.7 Å². The number of fused-ring (bicyclic) bond motifs is 1. The fourth-order valence-corrected chi connectivity index (χ4v) is 3.18. The average Bonchev–Trinajstić information content (AvgIpc) is 2.73. The SMILES string of the molecule is CC(C)(C)C(=O)Oc1ccc2c(c1)CCCC2.CCNc1ccc(OC)c(OC)c1. The van der Waals surface area contributed by atoms with Gasteiger partial charge in [-0.2, -0.15) is 0 Å². The highest BCUT2D eigenvalue weighted by Crippen LogP contribution is 2.29. The van der Waals surface area contributed by atoms with Crippen molar-refractivity contribution in [2.75, 3.05) is 26.1 Å². The normalized spacial score (nSPS) is 12.7. The van der Waals surface area contributed by atoms with Gasteiger partial charge < -0.3 is 19.5 Å². The second-order valence-electron chi connectivity index (χ2n) is 8.38. The zero-order valence-corrected chi connectivity index (χ0v) is 19.1. The van der Waals surface area contributed by atoms with E-state index < -0.39 is 5.41 Å². The van der Waals surface area contributed by atoms with Crippen LogP contribution >= 0.6 is 0 Å². The number of benzene rings is 2. The highest BCUT2D eigenvalue weighted by atomic mass is 16.5. The molecule has 2 aromatic rings. The lowest BCUT2D eigenvalue weighted by Crippen LogP contribution is -2.25. The minimum atomic E-state index is -0.449. The molecular weight excluding hydrogens is 378 g/mol. The van der Waals surface area contributed by atoms with E-state index in [9.17, 15) is 4.79 Å². The van der Waals surface area contributed by atoms with Gasteiger partial charge >= 0.3 is 5.97 Å². The van der Waals surface area contributed by atoms with E-state index in [0.29, 0.717) is 5.75 Å². The van der Waals surface area contributed by atoms with E-state index in [2.05, 4.69) is 18.3 Å². The smallest absolute Gasteiger partial charge is 0.316 e. The summed E-state index contributed by atoms with van der Waals surface area (Å²) in [5.74, 6) is 2.02. The molecule has 164 valence electrons. The molecule has 0 aromatic heterocycles. The number of carbonyl (C=O) groups is 1. The van der Waals surface area contributed by atoms with Crippen LogP contribution in [-0.4, -0.2) is 26.7 Å². The van der Waals surface area contributed by atoms with E-state index in [0.717, 1.165) is 36.6 Å². The van der Waals surface area contributed by atoms with Gasteiger partial charge in [0, 0.05) is 18.3 Å². The zero-order valence-electron chi connectivity index (χ0n) is 19.1.